The van der Waals surface area contributed by atoms with E-state index >= 15 is 0 Å². The van der Waals surface area contributed by atoms with Gasteiger partial charge in [-0.2, -0.15) is 0 Å². The molecule has 0 aromatic carbocycles. The van der Waals surface area contributed by atoms with E-state index in [0.717, 1.165) is 12.8 Å². The minimum atomic E-state index is -0.692. The highest BCUT2D eigenvalue weighted by atomic mass is 16.1. The summed E-state index contributed by atoms with van der Waals surface area (Å²) in [7, 11) is 0. The van der Waals surface area contributed by atoms with Crippen LogP contribution in [0.25, 0.3) is 0 Å². The molecule has 0 spiro atoms. The highest BCUT2D eigenvalue weighted by molar-refractivity contribution is 5.92. The number of unbranched alkanes of at least 4 members (excludes halogenated alkanes) is 9. The third-order valence-electron chi connectivity index (χ3n) is 2.99. The van der Waals surface area contributed by atoms with E-state index in [0.29, 0.717) is 0 Å². The van der Waals surface area contributed by atoms with Crippen molar-refractivity contribution in [3.8, 4) is 47.4 Å². The van der Waals surface area contributed by atoms with Crippen molar-refractivity contribution in [2.24, 2.45) is 5.73 Å². The first-order valence-corrected chi connectivity index (χ1v) is 8.05. The molecule has 0 saturated carbocycles. The second kappa shape index (κ2) is 16.8. The number of amides is 1. The Hall–Kier alpha value is -2.29. The quantitative estimate of drug-likeness (QED) is 0.514. The molecule has 0 rings (SSSR count). The van der Waals surface area contributed by atoms with Crippen molar-refractivity contribution < 1.29 is 4.79 Å². The van der Waals surface area contributed by atoms with Crippen molar-refractivity contribution in [1.82, 2.24) is 0 Å². The minimum Gasteiger partial charge on any atom is -0.359 e. The lowest BCUT2D eigenvalue weighted by Gasteiger charge is -1.99. The molecule has 0 atom stereocenters. The number of carbonyl (C=O) groups excluding carboxylic acids is 1. The van der Waals surface area contributed by atoms with Gasteiger partial charge in [0, 0.05) is 12.3 Å². The molecule has 0 radical (unpaired) electrons. The Labute approximate surface area is 135 Å². The maximum Gasteiger partial charge on any atom is 0.294 e. The molecule has 22 heavy (non-hydrogen) atoms. The van der Waals surface area contributed by atoms with Gasteiger partial charge in [-0.05, 0) is 41.9 Å². The van der Waals surface area contributed by atoms with Crippen LogP contribution < -0.4 is 5.73 Å². The van der Waals surface area contributed by atoms with Crippen LogP contribution in [0.1, 0.15) is 71.1 Å². The third kappa shape index (κ3) is 17.7. The van der Waals surface area contributed by atoms with Gasteiger partial charge in [0.05, 0.1) is 0 Å². The van der Waals surface area contributed by atoms with Crippen LogP contribution >= 0.6 is 0 Å². The van der Waals surface area contributed by atoms with Crippen LogP contribution in [0.15, 0.2) is 0 Å². The van der Waals surface area contributed by atoms with E-state index in [-0.39, 0.29) is 0 Å². The smallest absolute Gasteiger partial charge is 0.294 e. The van der Waals surface area contributed by atoms with Crippen LogP contribution in [0.3, 0.4) is 0 Å². The van der Waals surface area contributed by atoms with Gasteiger partial charge in [0.15, 0.2) is 0 Å². The van der Waals surface area contributed by atoms with E-state index in [4.69, 9.17) is 5.73 Å². The molecule has 0 unspecified atom stereocenters. The lowest BCUT2D eigenvalue weighted by atomic mass is 10.1. The molecular formula is C20H25NO. The average Bonchev–Trinajstić information content (AvgIpc) is 2.50. The normalized spacial score (nSPS) is 8.05. The van der Waals surface area contributed by atoms with Gasteiger partial charge in [-0.25, -0.2) is 0 Å². The van der Waals surface area contributed by atoms with Gasteiger partial charge in [-0.3, -0.25) is 4.79 Å². The Kier molecular flexibility index (Phi) is 15.0. The van der Waals surface area contributed by atoms with Gasteiger partial charge in [0.25, 0.3) is 5.91 Å². The molecule has 1 amide bonds. The zero-order valence-electron chi connectivity index (χ0n) is 13.6. The Balaban J connectivity index is 3.51. The molecule has 0 bridgehead atoms. The van der Waals surface area contributed by atoms with Gasteiger partial charge in [-0.1, -0.05) is 64.2 Å². The van der Waals surface area contributed by atoms with Crippen LogP contribution in [0.5, 0.6) is 0 Å². The van der Waals surface area contributed by atoms with Crippen molar-refractivity contribution >= 4 is 5.91 Å². The second-order valence-corrected chi connectivity index (χ2v) is 4.99. The molecule has 0 aliphatic heterocycles. The van der Waals surface area contributed by atoms with E-state index in [2.05, 4.69) is 54.3 Å². The van der Waals surface area contributed by atoms with E-state index in [1.54, 1.807) is 0 Å². The first-order valence-electron chi connectivity index (χ1n) is 8.05. The monoisotopic (exact) mass is 295 g/mol. The second-order valence-electron chi connectivity index (χ2n) is 4.99. The molecule has 116 valence electrons. The summed E-state index contributed by atoms with van der Waals surface area (Å²) in [6.07, 6.45) is 12.8. The Morgan fingerprint density at radius 1 is 0.727 bits per heavy atom. The van der Waals surface area contributed by atoms with Gasteiger partial charge in [-0.15, -0.1) is 0 Å². The Morgan fingerprint density at radius 2 is 1.23 bits per heavy atom. The number of rotatable bonds is 9. The lowest BCUT2D eigenvalue weighted by molar-refractivity contribution is -0.112. The highest BCUT2D eigenvalue weighted by Gasteiger charge is 1.90. The predicted molar refractivity (Wildman–Crippen MR) is 92.1 cm³/mol. The Morgan fingerprint density at radius 3 is 1.82 bits per heavy atom. The van der Waals surface area contributed by atoms with Gasteiger partial charge in [0.1, 0.15) is 0 Å². The molecule has 2 heteroatoms. The number of nitrogens with two attached hydrogens (primary N) is 1. The number of hydrogen-bond donors (Lipinski definition) is 1. The summed E-state index contributed by atoms with van der Waals surface area (Å²) in [6, 6.07) is 0. The van der Waals surface area contributed by atoms with Crippen LogP contribution in [0, 0.1) is 47.4 Å². The van der Waals surface area contributed by atoms with Gasteiger partial charge in [0.2, 0.25) is 0 Å². The molecule has 0 aromatic rings. The van der Waals surface area contributed by atoms with Crippen molar-refractivity contribution in [2.45, 2.75) is 71.1 Å². The fourth-order valence-corrected chi connectivity index (χ4v) is 1.85. The largest absolute Gasteiger partial charge is 0.359 e. The van der Waals surface area contributed by atoms with E-state index in [1.165, 1.54) is 51.4 Å². The minimum absolute atomic E-state index is 0.692. The molecule has 0 fully saturated rings. The van der Waals surface area contributed by atoms with E-state index in [1.807, 2.05) is 0 Å². The standard InChI is InChI=1S/C20H25NO/c1-2-3-4-5-6-7-8-9-10-11-12-13-14-15-16-17-18-19-20(21)22/h2-11H2,1H3,(H2,21,22). The molecule has 0 aliphatic carbocycles. The highest BCUT2D eigenvalue weighted by Crippen LogP contribution is 2.09. The van der Waals surface area contributed by atoms with Crippen LogP contribution in [-0.2, 0) is 4.79 Å². The fourth-order valence-electron chi connectivity index (χ4n) is 1.85. The summed E-state index contributed by atoms with van der Waals surface area (Å²) in [5.74, 6) is 19.6. The zero-order valence-corrected chi connectivity index (χ0v) is 13.6. The van der Waals surface area contributed by atoms with Crippen LogP contribution in [0.2, 0.25) is 0 Å². The Bertz CT molecular complexity index is 543. The SMILES string of the molecule is CCCCCCCCCCCC#CC#CC#CC#CC(N)=O. The topological polar surface area (TPSA) is 43.1 Å². The lowest BCUT2D eigenvalue weighted by Crippen LogP contribution is -2.05. The molecule has 0 heterocycles. The summed E-state index contributed by atoms with van der Waals surface area (Å²) in [6.45, 7) is 2.25. The van der Waals surface area contributed by atoms with Crippen molar-refractivity contribution in [3.05, 3.63) is 0 Å². The van der Waals surface area contributed by atoms with Crippen LogP contribution in [-0.4, -0.2) is 5.91 Å². The first-order chi connectivity index (χ1) is 10.8. The summed E-state index contributed by atoms with van der Waals surface area (Å²) >= 11 is 0. The molecule has 0 aromatic heterocycles. The van der Waals surface area contributed by atoms with Gasteiger partial charge < -0.3 is 5.73 Å². The molecule has 2 nitrogen and oxygen atoms in total. The maximum absolute atomic E-state index is 10.3. The summed E-state index contributed by atoms with van der Waals surface area (Å²) in [4.78, 5) is 10.3. The molecule has 2 N–H and O–H groups in total. The fraction of sp³-hybridized carbons (Fsp3) is 0.550. The van der Waals surface area contributed by atoms with Crippen molar-refractivity contribution in [2.75, 3.05) is 0 Å². The van der Waals surface area contributed by atoms with Crippen molar-refractivity contribution in [3.63, 3.8) is 0 Å². The molecule has 0 aliphatic rings. The zero-order chi connectivity index (χ0) is 16.3. The summed E-state index contributed by atoms with van der Waals surface area (Å²) in [5, 5.41) is 0. The van der Waals surface area contributed by atoms with Gasteiger partial charge >= 0.3 is 0 Å². The predicted octanol–water partition coefficient (Wildman–Crippen LogP) is 3.41. The molecular weight excluding hydrogens is 270 g/mol. The summed E-state index contributed by atoms with van der Waals surface area (Å²) in [5.41, 5.74) is 4.82. The number of primary amides is 1. The van der Waals surface area contributed by atoms with Crippen LogP contribution in [0.4, 0.5) is 0 Å². The van der Waals surface area contributed by atoms with E-state index < -0.39 is 5.91 Å². The number of hydrogen-bond acceptors (Lipinski definition) is 1. The third-order valence-corrected chi connectivity index (χ3v) is 2.99. The first kappa shape index (κ1) is 19.7. The number of carbonyl (C=O) groups is 1. The van der Waals surface area contributed by atoms with E-state index in [9.17, 15) is 4.79 Å². The molecule has 0 saturated heterocycles. The average molecular weight is 295 g/mol. The summed E-state index contributed by atoms with van der Waals surface area (Å²) < 4.78 is 0. The van der Waals surface area contributed by atoms with Crippen molar-refractivity contribution in [1.29, 1.82) is 0 Å². The maximum atomic E-state index is 10.3.